The SMILES string of the molecule is CCN(CC)C(=O)C(=O)C(C)C. The molecule has 0 fully saturated rings. The molecule has 0 bridgehead atoms. The van der Waals surface area contributed by atoms with Gasteiger partial charge in [0.1, 0.15) is 0 Å². The zero-order valence-electron chi connectivity index (χ0n) is 8.26. The maximum Gasteiger partial charge on any atom is 0.290 e. The molecule has 0 N–H and O–H groups in total. The summed E-state index contributed by atoms with van der Waals surface area (Å²) in [5, 5.41) is 0. The Bertz CT molecular complexity index is 171. The summed E-state index contributed by atoms with van der Waals surface area (Å²) in [7, 11) is 0. The Hall–Kier alpha value is -0.860. The Labute approximate surface area is 73.7 Å². The summed E-state index contributed by atoms with van der Waals surface area (Å²) >= 11 is 0. The molecule has 0 aliphatic carbocycles. The molecule has 0 aromatic rings. The largest absolute Gasteiger partial charge is 0.337 e. The molecule has 70 valence electrons. The van der Waals surface area contributed by atoms with Crippen LogP contribution < -0.4 is 0 Å². The van der Waals surface area contributed by atoms with Gasteiger partial charge >= 0.3 is 0 Å². The van der Waals surface area contributed by atoms with Crippen molar-refractivity contribution in [1.29, 1.82) is 0 Å². The average molecular weight is 171 g/mol. The number of ketones is 1. The number of hydrogen-bond acceptors (Lipinski definition) is 2. The van der Waals surface area contributed by atoms with Crippen LogP contribution >= 0.6 is 0 Å². The van der Waals surface area contributed by atoms with E-state index in [1.807, 2.05) is 13.8 Å². The van der Waals surface area contributed by atoms with Gasteiger partial charge in [-0.2, -0.15) is 0 Å². The van der Waals surface area contributed by atoms with Crippen LogP contribution in [0.2, 0.25) is 0 Å². The van der Waals surface area contributed by atoms with Gasteiger partial charge < -0.3 is 4.90 Å². The molecule has 0 aromatic heterocycles. The summed E-state index contributed by atoms with van der Waals surface area (Å²) in [5.74, 6) is -0.841. The molecule has 3 nitrogen and oxygen atoms in total. The molecule has 0 aromatic carbocycles. The Morgan fingerprint density at radius 2 is 1.58 bits per heavy atom. The van der Waals surface area contributed by atoms with Gasteiger partial charge in [-0.1, -0.05) is 13.8 Å². The van der Waals surface area contributed by atoms with Crippen molar-refractivity contribution in [3.63, 3.8) is 0 Å². The van der Waals surface area contributed by atoms with E-state index in [4.69, 9.17) is 0 Å². The highest BCUT2D eigenvalue weighted by Gasteiger charge is 2.21. The summed E-state index contributed by atoms with van der Waals surface area (Å²) in [5.41, 5.74) is 0. The highest BCUT2D eigenvalue weighted by Crippen LogP contribution is 1.99. The average Bonchev–Trinajstić information content (AvgIpc) is 2.05. The van der Waals surface area contributed by atoms with Crippen molar-refractivity contribution < 1.29 is 9.59 Å². The maximum absolute atomic E-state index is 11.3. The lowest BCUT2D eigenvalue weighted by molar-refractivity contribution is -0.146. The maximum atomic E-state index is 11.3. The monoisotopic (exact) mass is 171 g/mol. The third-order valence-electron chi connectivity index (χ3n) is 1.79. The molecule has 0 saturated heterocycles. The minimum atomic E-state index is -0.352. The van der Waals surface area contributed by atoms with E-state index in [0.29, 0.717) is 13.1 Å². The second kappa shape index (κ2) is 4.91. The molecule has 0 radical (unpaired) electrons. The summed E-state index contributed by atoms with van der Waals surface area (Å²) < 4.78 is 0. The molecule has 0 unspecified atom stereocenters. The molecule has 0 atom stereocenters. The first-order valence-corrected chi connectivity index (χ1v) is 4.37. The second-order valence-electron chi connectivity index (χ2n) is 3.00. The van der Waals surface area contributed by atoms with Gasteiger partial charge in [-0.3, -0.25) is 9.59 Å². The fourth-order valence-electron chi connectivity index (χ4n) is 0.914. The van der Waals surface area contributed by atoms with Crippen molar-refractivity contribution in [3.8, 4) is 0 Å². The highest BCUT2D eigenvalue weighted by atomic mass is 16.2. The van der Waals surface area contributed by atoms with Gasteiger partial charge in [0.15, 0.2) is 0 Å². The molecular formula is C9H17NO2. The van der Waals surface area contributed by atoms with Crippen LogP contribution in [0.15, 0.2) is 0 Å². The van der Waals surface area contributed by atoms with E-state index in [2.05, 4.69) is 0 Å². The van der Waals surface area contributed by atoms with Crippen LogP contribution in [0.3, 0.4) is 0 Å². The van der Waals surface area contributed by atoms with Crippen LogP contribution in [-0.2, 0) is 9.59 Å². The Balaban J connectivity index is 4.26. The standard InChI is InChI=1S/C9H17NO2/c1-5-10(6-2)9(12)8(11)7(3)4/h7H,5-6H2,1-4H3. The van der Waals surface area contributed by atoms with Crippen molar-refractivity contribution in [2.45, 2.75) is 27.7 Å². The van der Waals surface area contributed by atoms with E-state index < -0.39 is 0 Å². The Kier molecular flexibility index (Phi) is 4.55. The molecule has 3 heteroatoms. The molecule has 0 spiro atoms. The number of rotatable bonds is 4. The number of hydrogen-bond donors (Lipinski definition) is 0. The third-order valence-corrected chi connectivity index (χ3v) is 1.79. The van der Waals surface area contributed by atoms with Gasteiger partial charge in [0.05, 0.1) is 0 Å². The summed E-state index contributed by atoms with van der Waals surface area (Å²) in [6.45, 7) is 8.43. The van der Waals surface area contributed by atoms with Crippen molar-refractivity contribution in [2.75, 3.05) is 13.1 Å². The second-order valence-corrected chi connectivity index (χ2v) is 3.00. The van der Waals surface area contributed by atoms with Crippen LogP contribution in [0.4, 0.5) is 0 Å². The van der Waals surface area contributed by atoms with Crippen LogP contribution in [0, 0.1) is 5.92 Å². The smallest absolute Gasteiger partial charge is 0.290 e. The minimum absolute atomic E-state index is 0.196. The lowest BCUT2D eigenvalue weighted by Gasteiger charge is -2.18. The highest BCUT2D eigenvalue weighted by molar-refractivity contribution is 6.36. The normalized spacial score (nSPS) is 10.1. The molecule has 0 aliphatic heterocycles. The Morgan fingerprint density at radius 3 is 1.83 bits per heavy atom. The van der Waals surface area contributed by atoms with Crippen LogP contribution in [0.25, 0.3) is 0 Å². The molecule has 0 saturated carbocycles. The summed E-state index contributed by atoms with van der Waals surface area (Å²) in [4.78, 5) is 24.1. The quantitative estimate of drug-likeness (QED) is 0.593. The van der Waals surface area contributed by atoms with Crippen LogP contribution in [0.5, 0.6) is 0 Å². The molecule has 1 amide bonds. The van der Waals surface area contributed by atoms with Gasteiger partial charge in [-0.15, -0.1) is 0 Å². The van der Waals surface area contributed by atoms with Gasteiger partial charge in [0.2, 0.25) is 5.78 Å². The number of Topliss-reactive ketones (excluding diaryl/α,β-unsaturated/α-hetero) is 1. The van der Waals surface area contributed by atoms with E-state index in [1.165, 1.54) is 0 Å². The number of likely N-dealkylation sites (N-methyl/N-ethyl adjacent to an activating group) is 1. The van der Waals surface area contributed by atoms with E-state index >= 15 is 0 Å². The zero-order valence-corrected chi connectivity index (χ0v) is 8.26. The third kappa shape index (κ3) is 2.64. The van der Waals surface area contributed by atoms with Crippen molar-refractivity contribution >= 4 is 11.7 Å². The predicted molar refractivity (Wildman–Crippen MR) is 47.8 cm³/mol. The van der Waals surface area contributed by atoms with E-state index in [0.717, 1.165) is 0 Å². The zero-order chi connectivity index (χ0) is 9.72. The van der Waals surface area contributed by atoms with Crippen molar-refractivity contribution in [1.82, 2.24) is 4.90 Å². The van der Waals surface area contributed by atoms with Gasteiger partial charge in [-0.25, -0.2) is 0 Å². The van der Waals surface area contributed by atoms with E-state index in [9.17, 15) is 9.59 Å². The predicted octanol–water partition coefficient (Wildman–Crippen LogP) is 1.08. The number of amides is 1. The number of carbonyl (C=O) groups excluding carboxylic acids is 2. The van der Waals surface area contributed by atoms with Gasteiger partial charge in [0.25, 0.3) is 5.91 Å². The lowest BCUT2D eigenvalue weighted by Crippen LogP contribution is -2.38. The van der Waals surface area contributed by atoms with Gasteiger partial charge in [-0.05, 0) is 13.8 Å². The summed E-state index contributed by atoms with van der Waals surface area (Å²) in [6.07, 6.45) is 0. The van der Waals surface area contributed by atoms with E-state index in [-0.39, 0.29) is 17.6 Å². The first kappa shape index (κ1) is 11.1. The first-order chi connectivity index (χ1) is 5.54. The van der Waals surface area contributed by atoms with Crippen LogP contribution in [0.1, 0.15) is 27.7 Å². The minimum Gasteiger partial charge on any atom is -0.337 e. The van der Waals surface area contributed by atoms with Crippen molar-refractivity contribution in [3.05, 3.63) is 0 Å². The molecular weight excluding hydrogens is 154 g/mol. The van der Waals surface area contributed by atoms with Crippen LogP contribution in [-0.4, -0.2) is 29.7 Å². The number of nitrogens with zero attached hydrogens (tertiary/aromatic N) is 1. The Morgan fingerprint density at radius 1 is 1.17 bits per heavy atom. The topological polar surface area (TPSA) is 37.4 Å². The first-order valence-electron chi connectivity index (χ1n) is 4.37. The fraction of sp³-hybridized carbons (Fsp3) is 0.778. The number of carbonyl (C=O) groups is 2. The summed E-state index contributed by atoms with van der Waals surface area (Å²) in [6, 6.07) is 0. The molecule has 0 rings (SSSR count). The van der Waals surface area contributed by atoms with Gasteiger partial charge in [0, 0.05) is 19.0 Å². The lowest BCUT2D eigenvalue weighted by atomic mass is 10.1. The van der Waals surface area contributed by atoms with Crippen molar-refractivity contribution in [2.24, 2.45) is 5.92 Å². The molecule has 12 heavy (non-hydrogen) atoms. The fourth-order valence-corrected chi connectivity index (χ4v) is 0.914. The van der Waals surface area contributed by atoms with E-state index in [1.54, 1.807) is 18.7 Å². The molecule has 0 aliphatic rings. The molecule has 0 heterocycles.